The highest BCUT2D eigenvalue weighted by Crippen LogP contribution is 2.34. The van der Waals surface area contributed by atoms with Crippen molar-refractivity contribution in [2.24, 2.45) is 0 Å². The lowest BCUT2D eigenvalue weighted by Crippen LogP contribution is -2.50. The molecule has 1 aromatic heterocycles. The topological polar surface area (TPSA) is 115 Å². The monoisotopic (exact) mass is 428 g/mol. The first-order valence-electron chi connectivity index (χ1n) is 9.22. The minimum atomic E-state index is -3.57. The quantitative estimate of drug-likeness (QED) is 0.660. The summed E-state index contributed by atoms with van der Waals surface area (Å²) in [5.41, 5.74) is 2.29. The average Bonchev–Trinajstić information content (AvgIpc) is 3.19. The minimum Gasteiger partial charge on any atom is -0.476 e. The number of nitrogens with one attached hydrogen (secondary N) is 1. The van der Waals surface area contributed by atoms with Crippen LogP contribution in [0, 0.1) is 6.92 Å². The van der Waals surface area contributed by atoms with Crippen molar-refractivity contribution in [3.63, 3.8) is 0 Å². The molecule has 2 heterocycles. The molecule has 0 spiro atoms. The van der Waals surface area contributed by atoms with Gasteiger partial charge in [-0.3, -0.25) is 9.10 Å². The van der Waals surface area contributed by atoms with E-state index in [-0.39, 0.29) is 19.0 Å². The molecule has 0 aliphatic carbocycles. The lowest BCUT2D eigenvalue weighted by molar-refractivity contribution is -0.128. The summed E-state index contributed by atoms with van der Waals surface area (Å²) < 4.78 is 36.4. The highest BCUT2D eigenvalue weighted by Gasteiger charge is 2.34. The Morgan fingerprint density at radius 1 is 1.23 bits per heavy atom. The maximum absolute atomic E-state index is 12.6. The van der Waals surface area contributed by atoms with Crippen molar-refractivity contribution in [1.82, 2.24) is 15.5 Å². The van der Waals surface area contributed by atoms with Gasteiger partial charge in [-0.05, 0) is 25.1 Å². The van der Waals surface area contributed by atoms with Gasteiger partial charge in [0.2, 0.25) is 21.7 Å². The number of ether oxygens (including phenoxy) is 1. The molecule has 9 nitrogen and oxygen atoms in total. The van der Waals surface area contributed by atoms with Crippen LogP contribution in [0.3, 0.4) is 0 Å². The Labute approximate surface area is 173 Å². The number of sulfonamides is 1. The number of hydrogen-bond donors (Lipinski definition) is 1. The van der Waals surface area contributed by atoms with Crippen LogP contribution in [0.5, 0.6) is 5.75 Å². The number of fused-ring (bicyclic) bond motifs is 1. The molecule has 0 radical (unpaired) electrons. The standard InChI is InChI=1S/C20H20N4O5S/c1-13-6-5-7-14(10-13)19-22-18(29-23-19)11-21-20(25)17-12-24(30(2,26)27)15-8-3-4-9-16(15)28-17/h3-10,17H,11-12H2,1-2H3,(H,21,25)/t17-/m1/s1. The van der Waals surface area contributed by atoms with E-state index in [1.54, 1.807) is 24.3 Å². The van der Waals surface area contributed by atoms with E-state index < -0.39 is 22.0 Å². The van der Waals surface area contributed by atoms with Crippen molar-refractivity contribution in [2.75, 3.05) is 17.1 Å². The van der Waals surface area contributed by atoms with Crippen LogP contribution in [0.4, 0.5) is 5.69 Å². The number of carbonyl (C=O) groups is 1. The summed E-state index contributed by atoms with van der Waals surface area (Å²) in [4.78, 5) is 16.9. The Hall–Kier alpha value is -3.40. The SMILES string of the molecule is Cc1cccc(-c2noc(CNC(=O)[C@H]3CN(S(C)(=O)=O)c4ccccc4O3)n2)c1. The molecule has 0 fully saturated rings. The van der Waals surface area contributed by atoms with Gasteiger partial charge in [0.05, 0.1) is 25.0 Å². The zero-order valence-electron chi connectivity index (χ0n) is 16.4. The molecule has 30 heavy (non-hydrogen) atoms. The van der Waals surface area contributed by atoms with Crippen LogP contribution in [0.15, 0.2) is 53.1 Å². The fourth-order valence-corrected chi connectivity index (χ4v) is 4.07. The van der Waals surface area contributed by atoms with Gasteiger partial charge < -0.3 is 14.6 Å². The van der Waals surface area contributed by atoms with Crippen LogP contribution in [-0.2, 0) is 21.4 Å². The van der Waals surface area contributed by atoms with Crippen LogP contribution >= 0.6 is 0 Å². The van der Waals surface area contributed by atoms with E-state index in [4.69, 9.17) is 9.26 Å². The molecule has 2 aromatic carbocycles. The predicted molar refractivity (Wildman–Crippen MR) is 109 cm³/mol. The number of hydrogen-bond acceptors (Lipinski definition) is 7. The summed E-state index contributed by atoms with van der Waals surface area (Å²) in [6.07, 6.45) is 0.0868. The lowest BCUT2D eigenvalue weighted by atomic mass is 10.1. The third-order valence-corrected chi connectivity index (χ3v) is 5.73. The Balaban J connectivity index is 1.45. The van der Waals surface area contributed by atoms with Gasteiger partial charge in [-0.25, -0.2) is 8.42 Å². The number of aryl methyl sites for hydroxylation is 1. The van der Waals surface area contributed by atoms with Crippen molar-refractivity contribution in [2.45, 2.75) is 19.6 Å². The van der Waals surface area contributed by atoms with Gasteiger partial charge in [-0.15, -0.1) is 0 Å². The first-order valence-corrected chi connectivity index (χ1v) is 11.1. The molecule has 0 saturated carbocycles. The molecule has 1 atom stereocenters. The van der Waals surface area contributed by atoms with Crippen molar-refractivity contribution in [1.29, 1.82) is 0 Å². The van der Waals surface area contributed by atoms with Crippen molar-refractivity contribution >= 4 is 21.6 Å². The predicted octanol–water partition coefficient (Wildman–Crippen LogP) is 1.89. The van der Waals surface area contributed by atoms with Crippen LogP contribution in [0.25, 0.3) is 11.4 Å². The number of anilines is 1. The second-order valence-electron chi connectivity index (χ2n) is 6.97. The smallest absolute Gasteiger partial charge is 0.263 e. The maximum atomic E-state index is 12.6. The van der Waals surface area contributed by atoms with Gasteiger partial charge in [0.25, 0.3) is 5.91 Å². The zero-order chi connectivity index (χ0) is 21.3. The second-order valence-corrected chi connectivity index (χ2v) is 8.87. The highest BCUT2D eigenvalue weighted by atomic mass is 32.2. The molecule has 1 aliphatic rings. The Kier molecular flexibility index (Phi) is 5.17. The average molecular weight is 428 g/mol. The second kappa shape index (κ2) is 7.79. The number of benzene rings is 2. The molecule has 0 saturated heterocycles. The molecule has 1 aliphatic heterocycles. The van der Waals surface area contributed by atoms with Crippen LogP contribution in [-0.4, -0.2) is 43.4 Å². The Bertz CT molecular complexity index is 1190. The summed E-state index contributed by atoms with van der Waals surface area (Å²) in [6.45, 7) is 1.84. The van der Waals surface area contributed by atoms with E-state index in [2.05, 4.69) is 15.5 Å². The molecule has 0 unspecified atom stereocenters. The highest BCUT2D eigenvalue weighted by molar-refractivity contribution is 7.92. The van der Waals surface area contributed by atoms with E-state index >= 15 is 0 Å². The number of para-hydroxylation sites is 2. The van der Waals surface area contributed by atoms with Crippen molar-refractivity contribution in [3.05, 3.63) is 60.0 Å². The van der Waals surface area contributed by atoms with E-state index in [9.17, 15) is 13.2 Å². The van der Waals surface area contributed by atoms with Crippen LogP contribution in [0.1, 0.15) is 11.5 Å². The summed E-state index contributed by atoms with van der Waals surface area (Å²) in [6, 6.07) is 14.3. The lowest BCUT2D eigenvalue weighted by Gasteiger charge is -2.33. The van der Waals surface area contributed by atoms with Crippen molar-refractivity contribution in [3.8, 4) is 17.1 Å². The van der Waals surface area contributed by atoms with E-state index in [0.29, 0.717) is 17.3 Å². The van der Waals surface area contributed by atoms with Gasteiger partial charge in [0, 0.05) is 5.56 Å². The zero-order valence-corrected chi connectivity index (χ0v) is 17.2. The largest absolute Gasteiger partial charge is 0.476 e. The summed E-state index contributed by atoms with van der Waals surface area (Å²) in [7, 11) is -3.57. The molecule has 1 N–H and O–H groups in total. The summed E-state index contributed by atoms with van der Waals surface area (Å²) >= 11 is 0. The fourth-order valence-electron chi connectivity index (χ4n) is 3.16. The fraction of sp³-hybridized carbons (Fsp3) is 0.250. The van der Waals surface area contributed by atoms with Gasteiger partial charge in [-0.1, -0.05) is 41.1 Å². The number of nitrogens with zero attached hydrogens (tertiary/aromatic N) is 3. The number of carbonyl (C=O) groups excluding carboxylic acids is 1. The van der Waals surface area contributed by atoms with E-state index in [1.807, 2.05) is 31.2 Å². The first kappa shape index (κ1) is 19.9. The number of rotatable bonds is 5. The third kappa shape index (κ3) is 4.13. The van der Waals surface area contributed by atoms with Crippen LogP contribution < -0.4 is 14.4 Å². The summed E-state index contributed by atoms with van der Waals surface area (Å²) in [5.74, 6) is 0.507. The molecule has 4 rings (SSSR count). The van der Waals surface area contributed by atoms with E-state index in [1.165, 1.54) is 4.31 Å². The molecule has 3 aromatic rings. The summed E-state index contributed by atoms with van der Waals surface area (Å²) in [5, 5.41) is 6.60. The molecule has 156 valence electrons. The van der Waals surface area contributed by atoms with Crippen LogP contribution in [0.2, 0.25) is 0 Å². The van der Waals surface area contributed by atoms with Gasteiger partial charge in [-0.2, -0.15) is 4.98 Å². The molecule has 0 bridgehead atoms. The van der Waals surface area contributed by atoms with E-state index in [0.717, 1.165) is 17.4 Å². The molecule has 1 amide bonds. The molecular formula is C20H20N4O5S. The number of aromatic nitrogens is 2. The first-order chi connectivity index (χ1) is 14.3. The number of amides is 1. The molecular weight excluding hydrogens is 408 g/mol. The van der Waals surface area contributed by atoms with Crippen molar-refractivity contribution < 1.29 is 22.5 Å². The molecule has 10 heteroatoms. The maximum Gasteiger partial charge on any atom is 0.263 e. The normalized spacial score (nSPS) is 15.9. The minimum absolute atomic E-state index is 0.00195. The third-order valence-electron chi connectivity index (χ3n) is 4.59. The Morgan fingerprint density at radius 3 is 2.80 bits per heavy atom. The van der Waals surface area contributed by atoms with Gasteiger partial charge in [0.1, 0.15) is 5.75 Å². The Morgan fingerprint density at radius 2 is 2.03 bits per heavy atom. The van der Waals surface area contributed by atoms with Gasteiger partial charge in [0.15, 0.2) is 6.10 Å². The van der Waals surface area contributed by atoms with Gasteiger partial charge >= 0.3 is 0 Å².